The minimum atomic E-state index is -3.92. The number of rotatable bonds is 16. The number of hydrogen-bond acceptors (Lipinski definition) is 3. The molecule has 0 aliphatic rings. The average molecular weight is 351 g/mol. The molecular weight excluding hydrogens is 312 g/mol. The second-order valence-electron chi connectivity index (χ2n) is 6.88. The summed E-state index contributed by atoms with van der Waals surface area (Å²) in [4.78, 5) is 0. The Morgan fingerprint density at radius 2 is 1.17 bits per heavy atom. The summed E-state index contributed by atoms with van der Waals surface area (Å²) in [6.07, 6.45) is 15.0. The minimum absolute atomic E-state index is 0.336. The summed E-state index contributed by atoms with van der Waals surface area (Å²) in [5.41, 5.74) is 0. The van der Waals surface area contributed by atoms with E-state index in [-0.39, 0.29) is 6.10 Å². The fraction of sp³-hybridized carbons (Fsp3) is 1.00. The summed E-state index contributed by atoms with van der Waals surface area (Å²) in [5.74, 6) is 0. The first kappa shape index (κ1) is 22.9. The Balaban J connectivity index is 3.35. The van der Waals surface area contributed by atoms with Crippen LogP contribution in [0.1, 0.15) is 104 Å². The first-order valence-corrected chi connectivity index (χ1v) is 11.0. The Morgan fingerprint density at radius 3 is 1.65 bits per heavy atom. The zero-order valence-electron chi connectivity index (χ0n) is 15.2. The van der Waals surface area contributed by atoms with Crippen LogP contribution in [0.25, 0.3) is 0 Å². The zero-order chi connectivity index (χ0) is 17.6. The van der Waals surface area contributed by atoms with Crippen LogP contribution in [-0.4, -0.2) is 29.4 Å². The molecule has 2 atom stereocenters. The van der Waals surface area contributed by atoms with Gasteiger partial charge in [0.15, 0.2) is 0 Å². The molecule has 0 saturated carbocycles. The first-order chi connectivity index (χ1) is 10.9. The summed E-state index contributed by atoms with van der Waals surface area (Å²) < 4.78 is 30.6. The molecule has 0 rings (SSSR count). The summed E-state index contributed by atoms with van der Waals surface area (Å²) >= 11 is 0. The second kappa shape index (κ2) is 14.2. The lowest BCUT2D eigenvalue weighted by Crippen LogP contribution is -2.17. The van der Waals surface area contributed by atoms with Crippen molar-refractivity contribution < 1.29 is 18.1 Å². The van der Waals surface area contributed by atoms with Crippen molar-refractivity contribution in [2.24, 2.45) is 0 Å². The molecule has 0 radical (unpaired) electrons. The van der Waals surface area contributed by atoms with E-state index in [0.29, 0.717) is 19.3 Å². The molecule has 4 nitrogen and oxygen atoms in total. The molecule has 0 aromatic rings. The van der Waals surface area contributed by atoms with E-state index in [1.807, 2.05) is 0 Å². The molecule has 0 aromatic carbocycles. The molecule has 140 valence electrons. The highest BCUT2D eigenvalue weighted by molar-refractivity contribution is 7.86. The third kappa shape index (κ3) is 15.2. The number of aliphatic hydroxyl groups excluding tert-OH is 1. The average Bonchev–Trinajstić information content (AvgIpc) is 2.48. The van der Waals surface area contributed by atoms with Crippen molar-refractivity contribution in [3.63, 3.8) is 0 Å². The van der Waals surface area contributed by atoms with Crippen LogP contribution in [0.15, 0.2) is 0 Å². The molecule has 0 saturated heterocycles. The smallest absolute Gasteiger partial charge is 0.267 e. The van der Waals surface area contributed by atoms with E-state index in [0.717, 1.165) is 12.8 Å². The van der Waals surface area contributed by atoms with Crippen molar-refractivity contribution in [3.8, 4) is 0 Å². The van der Waals surface area contributed by atoms with Gasteiger partial charge >= 0.3 is 0 Å². The lowest BCUT2D eigenvalue weighted by Gasteiger charge is -2.12. The third-order valence-corrected chi connectivity index (χ3v) is 5.80. The van der Waals surface area contributed by atoms with E-state index in [2.05, 4.69) is 6.92 Å². The maximum absolute atomic E-state index is 10.9. The third-order valence-electron chi connectivity index (χ3n) is 4.55. The quantitative estimate of drug-likeness (QED) is 0.300. The highest BCUT2D eigenvalue weighted by Gasteiger charge is 2.17. The maximum atomic E-state index is 10.9. The van der Waals surface area contributed by atoms with Gasteiger partial charge in [-0.1, -0.05) is 71.1 Å². The predicted molar refractivity (Wildman–Crippen MR) is 97.3 cm³/mol. The largest absolute Gasteiger partial charge is 0.393 e. The van der Waals surface area contributed by atoms with Gasteiger partial charge in [-0.05, 0) is 32.6 Å². The summed E-state index contributed by atoms with van der Waals surface area (Å²) in [7, 11) is -3.92. The Hall–Kier alpha value is -0.130. The Morgan fingerprint density at radius 1 is 0.739 bits per heavy atom. The highest BCUT2D eigenvalue weighted by atomic mass is 32.2. The van der Waals surface area contributed by atoms with Crippen molar-refractivity contribution >= 4 is 10.1 Å². The lowest BCUT2D eigenvalue weighted by atomic mass is 10.0. The molecule has 0 aromatic heterocycles. The molecule has 0 spiro atoms. The Bertz CT molecular complexity index is 354. The van der Waals surface area contributed by atoms with E-state index in [1.54, 1.807) is 0 Å². The van der Waals surface area contributed by atoms with Crippen LogP contribution in [0.4, 0.5) is 0 Å². The van der Waals surface area contributed by atoms with Gasteiger partial charge in [0.1, 0.15) is 0 Å². The van der Waals surface area contributed by atoms with Crippen molar-refractivity contribution in [1.82, 2.24) is 0 Å². The van der Waals surface area contributed by atoms with E-state index in [1.165, 1.54) is 64.7 Å². The summed E-state index contributed by atoms with van der Waals surface area (Å²) in [6.45, 7) is 3.74. The van der Waals surface area contributed by atoms with Gasteiger partial charge in [-0.3, -0.25) is 4.55 Å². The van der Waals surface area contributed by atoms with Gasteiger partial charge in [0.2, 0.25) is 0 Å². The number of unbranched alkanes of at least 4 members (excludes halogenated alkanes) is 9. The van der Waals surface area contributed by atoms with Crippen molar-refractivity contribution in [2.75, 3.05) is 0 Å². The molecule has 5 heteroatoms. The molecule has 0 aliphatic heterocycles. The lowest BCUT2D eigenvalue weighted by molar-refractivity contribution is 0.147. The van der Waals surface area contributed by atoms with Crippen molar-refractivity contribution in [1.29, 1.82) is 0 Å². The van der Waals surface area contributed by atoms with Crippen LogP contribution in [0, 0.1) is 0 Å². The molecule has 23 heavy (non-hydrogen) atoms. The normalized spacial score (nSPS) is 14.8. The Labute approximate surface area is 143 Å². The van der Waals surface area contributed by atoms with E-state index < -0.39 is 15.4 Å². The minimum Gasteiger partial charge on any atom is -0.393 e. The molecular formula is C18H38O4S. The standard InChI is InChI=1S/C18H38O4S/c1-3-4-5-6-7-8-9-10-11-12-15-18(19)16-13-14-17(2)23(20,21)22/h17-19H,3-16H2,1-2H3,(H,20,21,22). The van der Waals surface area contributed by atoms with Gasteiger partial charge in [0, 0.05) is 0 Å². The van der Waals surface area contributed by atoms with E-state index >= 15 is 0 Å². The van der Waals surface area contributed by atoms with Crippen LogP contribution < -0.4 is 0 Å². The molecule has 0 bridgehead atoms. The molecule has 2 N–H and O–H groups in total. The molecule has 0 fully saturated rings. The van der Waals surface area contributed by atoms with Gasteiger partial charge in [0.25, 0.3) is 10.1 Å². The summed E-state index contributed by atoms with van der Waals surface area (Å²) in [5, 5.41) is 9.15. The van der Waals surface area contributed by atoms with Gasteiger partial charge in [-0.25, -0.2) is 0 Å². The zero-order valence-corrected chi connectivity index (χ0v) is 16.0. The van der Waals surface area contributed by atoms with Gasteiger partial charge < -0.3 is 5.11 Å². The monoisotopic (exact) mass is 350 g/mol. The fourth-order valence-corrected chi connectivity index (χ4v) is 3.27. The molecule has 0 heterocycles. The van der Waals surface area contributed by atoms with Gasteiger partial charge in [-0.2, -0.15) is 8.42 Å². The van der Waals surface area contributed by atoms with Crippen molar-refractivity contribution in [3.05, 3.63) is 0 Å². The van der Waals surface area contributed by atoms with Crippen LogP contribution in [-0.2, 0) is 10.1 Å². The van der Waals surface area contributed by atoms with E-state index in [9.17, 15) is 13.5 Å². The topological polar surface area (TPSA) is 74.6 Å². The fourth-order valence-electron chi connectivity index (χ4n) is 2.80. The van der Waals surface area contributed by atoms with Crippen LogP contribution >= 0.6 is 0 Å². The molecule has 2 unspecified atom stereocenters. The molecule has 0 aliphatic carbocycles. The second-order valence-corrected chi connectivity index (χ2v) is 8.72. The van der Waals surface area contributed by atoms with Crippen LogP contribution in [0.5, 0.6) is 0 Å². The van der Waals surface area contributed by atoms with Crippen molar-refractivity contribution in [2.45, 2.75) is 115 Å². The Kier molecular flexibility index (Phi) is 14.2. The maximum Gasteiger partial charge on any atom is 0.267 e. The number of aliphatic hydroxyl groups is 1. The van der Waals surface area contributed by atoms with Gasteiger partial charge in [0.05, 0.1) is 11.4 Å². The molecule has 0 amide bonds. The van der Waals surface area contributed by atoms with Gasteiger partial charge in [-0.15, -0.1) is 0 Å². The van der Waals surface area contributed by atoms with Crippen LogP contribution in [0.3, 0.4) is 0 Å². The predicted octanol–water partition coefficient (Wildman–Crippen LogP) is 5.10. The summed E-state index contributed by atoms with van der Waals surface area (Å²) in [6, 6.07) is 0. The van der Waals surface area contributed by atoms with E-state index in [4.69, 9.17) is 4.55 Å². The number of hydrogen-bond donors (Lipinski definition) is 2. The SMILES string of the molecule is CCCCCCCCCCCCC(O)CCCC(C)S(=O)(=O)O. The highest BCUT2D eigenvalue weighted by Crippen LogP contribution is 2.15. The van der Waals surface area contributed by atoms with Crippen LogP contribution in [0.2, 0.25) is 0 Å². The first-order valence-electron chi connectivity index (χ1n) is 9.52.